The molecule has 0 radical (unpaired) electrons. The van der Waals surface area contributed by atoms with Crippen LogP contribution in [0.5, 0.6) is 0 Å². The number of amides is 2. The Hall–Kier alpha value is -2.23. The van der Waals surface area contributed by atoms with E-state index in [1.54, 1.807) is 18.5 Å². The van der Waals surface area contributed by atoms with Crippen molar-refractivity contribution in [2.75, 3.05) is 6.54 Å². The lowest BCUT2D eigenvalue weighted by molar-refractivity contribution is -0.127. The highest BCUT2D eigenvalue weighted by molar-refractivity contribution is 5.87. The number of nitrogens with one attached hydrogen (secondary N) is 2. The molecule has 0 aromatic carbocycles. The third kappa shape index (κ3) is 7.60. The van der Waals surface area contributed by atoms with Gasteiger partial charge in [-0.2, -0.15) is 4.98 Å². The first-order valence-electron chi connectivity index (χ1n) is 8.86. The minimum Gasteiger partial charge on any atom is -0.346 e. The van der Waals surface area contributed by atoms with Crippen LogP contribution < -0.4 is 16.4 Å². The van der Waals surface area contributed by atoms with Gasteiger partial charge in [0.1, 0.15) is 6.04 Å². The van der Waals surface area contributed by atoms with E-state index >= 15 is 0 Å². The van der Waals surface area contributed by atoms with E-state index < -0.39 is 12.1 Å². The van der Waals surface area contributed by atoms with Crippen molar-refractivity contribution in [3.8, 4) is 11.4 Å². The van der Waals surface area contributed by atoms with E-state index in [-0.39, 0.29) is 55.0 Å². The van der Waals surface area contributed by atoms with Gasteiger partial charge >= 0.3 is 0 Å². The van der Waals surface area contributed by atoms with Crippen LogP contribution in [-0.2, 0) is 9.59 Å². The van der Waals surface area contributed by atoms with Crippen LogP contribution in [0.1, 0.15) is 39.6 Å². The van der Waals surface area contributed by atoms with Gasteiger partial charge in [0.25, 0.3) is 0 Å². The van der Waals surface area contributed by atoms with Crippen molar-refractivity contribution < 1.29 is 14.1 Å². The van der Waals surface area contributed by atoms with E-state index in [1.165, 1.54) is 0 Å². The number of hydrogen-bond donors (Lipinski definition) is 3. The summed E-state index contributed by atoms with van der Waals surface area (Å²) in [6.45, 7) is 7.35. The maximum Gasteiger partial charge on any atom is 0.249 e. The third-order valence-corrected chi connectivity index (χ3v) is 4.05. The van der Waals surface area contributed by atoms with Crippen LogP contribution in [0, 0.1) is 11.8 Å². The van der Waals surface area contributed by atoms with Crippen LogP contribution in [0.25, 0.3) is 11.4 Å². The van der Waals surface area contributed by atoms with Gasteiger partial charge in [-0.15, -0.1) is 24.8 Å². The van der Waals surface area contributed by atoms with Crippen LogP contribution in [0.15, 0.2) is 29.0 Å². The van der Waals surface area contributed by atoms with Crippen molar-refractivity contribution in [1.29, 1.82) is 0 Å². The van der Waals surface area contributed by atoms with Crippen LogP contribution in [0.4, 0.5) is 0 Å². The third-order valence-electron chi connectivity index (χ3n) is 4.05. The number of pyridine rings is 1. The molecule has 11 heteroatoms. The molecule has 0 saturated carbocycles. The Kier molecular flexibility index (Phi) is 11.4. The molecular weight excluding hydrogens is 419 g/mol. The van der Waals surface area contributed by atoms with Gasteiger partial charge in [0.2, 0.25) is 23.5 Å². The number of nitrogens with zero attached hydrogens (tertiary/aromatic N) is 3. The maximum absolute atomic E-state index is 12.2. The van der Waals surface area contributed by atoms with E-state index in [9.17, 15) is 9.59 Å². The minimum atomic E-state index is -0.656. The molecule has 0 fully saturated rings. The summed E-state index contributed by atoms with van der Waals surface area (Å²) in [6.07, 6.45) is 3.28. The molecule has 2 heterocycles. The summed E-state index contributed by atoms with van der Waals surface area (Å²) >= 11 is 0. The number of halogens is 2. The molecule has 2 atom stereocenters. The van der Waals surface area contributed by atoms with E-state index in [0.717, 1.165) is 5.56 Å². The van der Waals surface area contributed by atoms with E-state index in [0.29, 0.717) is 11.7 Å². The zero-order valence-corrected chi connectivity index (χ0v) is 18.4. The number of aromatic nitrogens is 3. The van der Waals surface area contributed by atoms with Gasteiger partial charge < -0.3 is 20.9 Å². The number of carbonyl (C=O) groups excluding carboxylic acids is 2. The van der Waals surface area contributed by atoms with Gasteiger partial charge in [-0.05, 0) is 24.0 Å². The van der Waals surface area contributed by atoms with Gasteiger partial charge in [0.05, 0.1) is 12.6 Å². The first-order chi connectivity index (χ1) is 12.8. The SMILES string of the molecule is CC(C)C(NC(=O)CNC(=O)[C@@H](N)C(C)C)c1nc(-c2cccnc2)no1.Cl.Cl. The molecule has 9 nitrogen and oxygen atoms in total. The standard InChI is InChI=1S/C18H26N6O3.2ClH/c1-10(2)14(19)17(26)21-9-13(25)22-15(11(3)4)18-23-16(24-27-18)12-6-5-7-20-8-12;;/h5-8,10-11,14-15H,9,19H2,1-4H3,(H,21,26)(H,22,25);2*1H/t14-,15?;;/m0../s1. The maximum atomic E-state index is 12.2. The Labute approximate surface area is 182 Å². The lowest BCUT2D eigenvalue weighted by atomic mass is 10.0. The molecule has 2 amide bonds. The zero-order valence-electron chi connectivity index (χ0n) is 16.8. The second kappa shape index (κ2) is 12.4. The highest BCUT2D eigenvalue weighted by Crippen LogP contribution is 2.23. The summed E-state index contributed by atoms with van der Waals surface area (Å²) in [6, 6.07) is 2.46. The fourth-order valence-corrected chi connectivity index (χ4v) is 2.30. The molecule has 162 valence electrons. The summed E-state index contributed by atoms with van der Waals surface area (Å²) in [4.78, 5) is 32.5. The first kappa shape index (κ1) is 26.8. The fraction of sp³-hybridized carbons (Fsp3) is 0.500. The average molecular weight is 447 g/mol. The molecule has 0 aliphatic rings. The molecular formula is C18H28Cl2N6O3. The molecule has 2 aromatic rings. The monoisotopic (exact) mass is 446 g/mol. The van der Waals surface area contributed by atoms with E-state index in [2.05, 4.69) is 25.8 Å². The summed E-state index contributed by atoms with van der Waals surface area (Å²) < 4.78 is 5.33. The van der Waals surface area contributed by atoms with Gasteiger partial charge in [0, 0.05) is 18.0 Å². The van der Waals surface area contributed by atoms with Crippen LogP contribution >= 0.6 is 24.8 Å². The molecule has 4 N–H and O–H groups in total. The Bertz CT molecular complexity index is 770. The molecule has 0 saturated heterocycles. The van der Waals surface area contributed by atoms with Crippen molar-refractivity contribution in [1.82, 2.24) is 25.8 Å². The normalized spacial score (nSPS) is 12.5. The van der Waals surface area contributed by atoms with Gasteiger partial charge in [-0.3, -0.25) is 14.6 Å². The van der Waals surface area contributed by atoms with E-state index in [4.69, 9.17) is 10.3 Å². The fourth-order valence-electron chi connectivity index (χ4n) is 2.30. The lowest BCUT2D eigenvalue weighted by Crippen LogP contribution is -2.47. The van der Waals surface area contributed by atoms with Gasteiger partial charge in [-0.25, -0.2) is 0 Å². The summed E-state index contributed by atoms with van der Waals surface area (Å²) in [7, 11) is 0. The first-order valence-corrected chi connectivity index (χ1v) is 8.86. The molecule has 0 spiro atoms. The smallest absolute Gasteiger partial charge is 0.249 e. The molecule has 1 unspecified atom stereocenters. The highest BCUT2D eigenvalue weighted by atomic mass is 35.5. The van der Waals surface area contributed by atoms with Crippen molar-refractivity contribution in [2.45, 2.75) is 39.8 Å². The van der Waals surface area contributed by atoms with E-state index in [1.807, 2.05) is 33.8 Å². The molecule has 29 heavy (non-hydrogen) atoms. The predicted octanol–water partition coefficient (Wildman–Crippen LogP) is 1.89. The predicted molar refractivity (Wildman–Crippen MR) is 114 cm³/mol. The summed E-state index contributed by atoms with van der Waals surface area (Å²) in [5.41, 5.74) is 6.48. The Balaban J connectivity index is 0.00000392. The Morgan fingerprint density at radius 2 is 1.86 bits per heavy atom. The van der Waals surface area contributed by atoms with Gasteiger partial charge in [0.15, 0.2) is 0 Å². The lowest BCUT2D eigenvalue weighted by Gasteiger charge is -2.19. The zero-order chi connectivity index (χ0) is 20.0. The van der Waals surface area contributed by atoms with Crippen molar-refractivity contribution in [3.63, 3.8) is 0 Å². The summed E-state index contributed by atoms with van der Waals surface area (Å²) in [5, 5.41) is 9.30. The molecule has 2 aromatic heterocycles. The van der Waals surface area contributed by atoms with Crippen molar-refractivity contribution >= 4 is 36.6 Å². The van der Waals surface area contributed by atoms with Crippen LogP contribution in [-0.4, -0.2) is 39.5 Å². The largest absolute Gasteiger partial charge is 0.346 e. The topological polar surface area (TPSA) is 136 Å². The number of rotatable bonds is 8. The second-order valence-electron chi connectivity index (χ2n) is 6.97. The van der Waals surface area contributed by atoms with Crippen LogP contribution in [0.2, 0.25) is 0 Å². The quantitative estimate of drug-likeness (QED) is 0.562. The highest BCUT2D eigenvalue weighted by Gasteiger charge is 2.25. The Morgan fingerprint density at radius 3 is 2.41 bits per heavy atom. The molecule has 2 rings (SSSR count). The van der Waals surface area contributed by atoms with Crippen molar-refractivity contribution in [2.24, 2.45) is 17.6 Å². The van der Waals surface area contributed by atoms with Gasteiger partial charge in [-0.1, -0.05) is 32.9 Å². The number of hydrogen-bond acceptors (Lipinski definition) is 7. The molecule has 0 aliphatic carbocycles. The van der Waals surface area contributed by atoms with Crippen molar-refractivity contribution in [3.05, 3.63) is 30.4 Å². The number of nitrogens with two attached hydrogens (primary N) is 1. The number of carbonyl (C=O) groups is 2. The molecule has 0 bridgehead atoms. The molecule has 0 aliphatic heterocycles. The minimum absolute atomic E-state index is 0. The average Bonchev–Trinajstić information content (AvgIpc) is 3.13. The second-order valence-corrected chi connectivity index (χ2v) is 6.97. The summed E-state index contributed by atoms with van der Waals surface area (Å²) in [5.74, 6) is -0.0424. The van der Waals surface area contributed by atoms with Crippen LogP contribution in [0.3, 0.4) is 0 Å². The Morgan fingerprint density at radius 1 is 1.17 bits per heavy atom.